The van der Waals surface area contributed by atoms with Gasteiger partial charge < -0.3 is 19.3 Å². The predicted octanol–water partition coefficient (Wildman–Crippen LogP) is 4.58. The second kappa shape index (κ2) is 11.8. The van der Waals surface area contributed by atoms with E-state index < -0.39 is 0 Å². The molecule has 9 heteroatoms. The summed E-state index contributed by atoms with van der Waals surface area (Å²) in [6.07, 6.45) is 8.26. The standard InChI is InChI=1S/C31H37N5O4/c37-29(24-7-3-6-23(18-24)28-32-22-33-34-28)35-15-12-31(13-16-35)11-1-2-17-39-20-26-9-5-14-36(26)30(38)25-8-4-10-27(19-25)40-21-31/h3-4,6-8,10,18-19,22,26H,1-2,5,9,11-17,20-21H2,(H,32,33,34)/t26-/m0/s1. The largest absolute Gasteiger partial charge is 0.493 e. The molecular weight excluding hydrogens is 506 g/mol. The molecule has 2 amide bonds. The molecule has 0 aliphatic carbocycles. The summed E-state index contributed by atoms with van der Waals surface area (Å²) in [5.74, 6) is 1.47. The van der Waals surface area contributed by atoms with Gasteiger partial charge in [-0.2, -0.15) is 5.10 Å². The first kappa shape index (κ1) is 26.5. The van der Waals surface area contributed by atoms with Crippen molar-refractivity contribution in [3.05, 3.63) is 66.0 Å². The number of amides is 2. The molecule has 3 aliphatic heterocycles. The topological polar surface area (TPSA) is 101 Å². The second-order valence-electron chi connectivity index (χ2n) is 11.4. The number of H-pyrrole nitrogens is 1. The highest BCUT2D eigenvalue weighted by molar-refractivity contribution is 5.95. The molecule has 9 nitrogen and oxygen atoms in total. The number of fused-ring (bicyclic) bond motifs is 3. The summed E-state index contributed by atoms with van der Waals surface area (Å²) in [6.45, 7) is 4.01. The Morgan fingerprint density at radius 2 is 1.82 bits per heavy atom. The van der Waals surface area contributed by atoms with Crippen molar-refractivity contribution in [3.8, 4) is 17.1 Å². The van der Waals surface area contributed by atoms with Crippen LogP contribution in [0.1, 0.15) is 65.7 Å². The minimum absolute atomic E-state index is 0.0291. The van der Waals surface area contributed by atoms with Crippen LogP contribution in [-0.4, -0.2) is 82.3 Å². The Hall–Kier alpha value is -3.72. The maximum absolute atomic E-state index is 13.4. The smallest absolute Gasteiger partial charge is 0.254 e. The highest BCUT2D eigenvalue weighted by Gasteiger charge is 2.37. The van der Waals surface area contributed by atoms with Crippen molar-refractivity contribution in [2.24, 2.45) is 5.41 Å². The third-order valence-corrected chi connectivity index (χ3v) is 8.73. The number of aromatic nitrogens is 3. The molecule has 1 N–H and O–H groups in total. The molecule has 1 aromatic heterocycles. The van der Waals surface area contributed by atoms with Crippen LogP contribution in [0.2, 0.25) is 0 Å². The lowest BCUT2D eigenvalue weighted by atomic mass is 9.75. The lowest BCUT2D eigenvalue weighted by Crippen LogP contribution is -2.45. The summed E-state index contributed by atoms with van der Waals surface area (Å²) in [6, 6.07) is 15.3. The highest BCUT2D eigenvalue weighted by Crippen LogP contribution is 2.38. The van der Waals surface area contributed by atoms with Gasteiger partial charge in [0.15, 0.2) is 5.82 Å². The summed E-state index contributed by atoms with van der Waals surface area (Å²) in [5.41, 5.74) is 2.14. The van der Waals surface area contributed by atoms with Gasteiger partial charge in [-0.15, -0.1) is 0 Å². The number of piperidine rings is 1. The highest BCUT2D eigenvalue weighted by atomic mass is 16.5. The van der Waals surface area contributed by atoms with Crippen LogP contribution in [0.3, 0.4) is 0 Å². The number of carbonyl (C=O) groups excluding carboxylic acids is 2. The zero-order valence-corrected chi connectivity index (χ0v) is 22.9. The van der Waals surface area contributed by atoms with Crippen molar-refractivity contribution in [1.29, 1.82) is 0 Å². The molecule has 4 heterocycles. The average Bonchev–Trinajstić information content (AvgIpc) is 3.71. The van der Waals surface area contributed by atoms with Gasteiger partial charge in [-0.25, -0.2) is 4.98 Å². The zero-order valence-electron chi connectivity index (χ0n) is 22.9. The average molecular weight is 544 g/mol. The van der Waals surface area contributed by atoms with Crippen molar-refractivity contribution in [2.45, 2.75) is 51.0 Å². The number of aromatic amines is 1. The quantitative estimate of drug-likeness (QED) is 0.508. The molecular formula is C31H37N5O4. The Balaban J connectivity index is 1.15. The van der Waals surface area contributed by atoms with Crippen LogP contribution in [0.5, 0.6) is 5.75 Å². The lowest BCUT2D eigenvalue weighted by Gasteiger charge is -2.42. The fourth-order valence-corrected chi connectivity index (χ4v) is 6.30. The summed E-state index contributed by atoms with van der Waals surface area (Å²) < 4.78 is 12.4. The number of rotatable bonds is 2. The minimum Gasteiger partial charge on any atom is -0.493 e. The van der Waals surface area contributed by atoms with Crippen LogP contribution >= 0.6 is 0 Å². The molecule has 0 radical (unpaired) electrons. The van der Waals surface area contributed by atoms with Gasteiger partial charge in [0.05, 0.1) is 19.3 Å². The summed E-state index contributed by atoms with van der Waals surface area (Å²) in [4.78, 5) is 34.9. The first-order valence-corrected chi connectivity index (χ1v) is 14.5. The van der Waals surface area contributed by atoms with Crippen LogP contribution in [-0.2, 0) is 4.74 Å². The Morgan fingerprint density at radius 3 is 2.67 bits per heavy atom. The Bertz CT molecular complexity index is 1320. The molecule has 40 heavy (non-hydrogen) atoms. The van der Waals surface area contributed by atoms with Gasteiger partial charge in [-0.05, 0) is 68.9 Å². The van der Waals surface area contributed by atoms with Crippen molar-refractivity contribution in [1.82, 2.24) is 25.0 Å². The molecule has 1 spiro atoms. The van der Waals surface area contributed by atoms with E-state index in [2.05, 4.69) is 15.2 Å². The monoisotopic (exact) mass is 543 g/mol. The van der Waals surface area contributed by atoms with E-state index in [0.717, 1.165) is 62.8 Å². The number of ether oxygens (including phenoxy) is 2. The van der Waals surface area contributed by atoms with Gasteiger partial charge in [-0.3, -0.25) is 14.7 Å². The number of nitrogens with one attached hydrogen (secondary N) is 1. The van der Waals surface area contributed by atoms with Gasteiger partial charge in [0.25, 0.3) is 11.8 Å². The molecule has 3 aliphatic rings. The van der Waals surface area contributed by atoms with E-state index in [-0.39, 0.29) is 23.3 Å². The van der Waals surface area contributed by atoms with E-state index >= 15 is 0 Å². The van der Waals surface area contributed by atoms with E-state index in [4.69, 9.17) is 9.47 Å². The van der Waals surface area contributed by atoms with E-state index in [0.29, 0.717) is 49.9 Å². The number of carbonyl (C=O) groups is 2. The van der Waals surface area contributed by atoms with Gasteiger partial charge in [0.2, 0.25) is 0 Å². The molecule has 2 fully saturated rings. The van der Waals surface area contributed by atoms with Crippen LogP contribution in [0, 0.1) is 5.41 Å². The Morgan fingerprint density at radius 1 is 0.975 bits per heavy atom. The summed E-state index contributed by atoms with van der Waals surface area (Å²) in [5, 5.41) is 6.78. The molecule has 6 rings (SSSR count). The van der Waals surface area contributed by atoms with Crippen molar-refractivity contribution in [2.75, 3.05) is 39.5 Å². The number of benzene rings is 2. The lowest BCUT2D eigenvalue weighted by molar-refractivity contribution is 0.0332. The summed E-state index contributed by atoms with van der Waals surface area (Å²) >= 11 is 0. The minimum atomic E-state index is -0.0291. The fourth-order valence-electron chi connectivity index (χ4n) is 6.30. The van der Waals surface area contributed by atoms with E-state index in [9.17, 15) is 9.59 Å². The Kier molecular flexibility index (Phi) is 7.82. The van der Waals surface area contributed by atoms with Gasteiger partial charge in [0.1, 0.15) is 12.1 Å². The SMILES string of the molecule is O=C(c1cccc(-c2ncn[nH]2)c1)N1CCC2(CCCCOC[C@@H]3CCCN3C(=O)c3cccc(c3)OC2)CC1. The maximum Gasteiger partial charge on any atom is 0.254 e. The van der Waals surface area contributed by atoms with Crippen molar-refractivity contribution < 1.29 is 19.1 Å². The first-order valence-electron chi connectivity index (χ1n) is 14.5. The maximum atomic E-state index is 13.4. The molecule has 3 aromatic rings. The van der Waals surface area contributed by atoms with E-state index in [1.165, 1.54) is 6.33 Å². The number of hydrogen-bond acceptors (Lipinski definition) is 6. The zero-order chi connectivity index (χ0) is 27.4. The van der Waals surface area contributed by atoms with Crippen LogP contribution in [0.15, 0.2) is 54.9 Å². The van der Waals surface area contributed by atoms with Gasteiger partial charge in [0, 0.05) is 48.3 Å². The number of nitrogens with zero attached hydrogens (tertiary/aromatic N) is 4. The van der Waals surface area contributed by atoms with Gasteiger partial charge >= 0.3 is 0 Å². The summed E-state index contributed by atoms with van der Waals surface area (Å²) in [7, 11) is 0. The van der Waals surface area contributed by atoms with Crippen molar-refractivity contribution in [3.63, 3.8) is 0 Å². The van der Waals surface area contributed by atoms with Crippen LogP contribution in [0.25, 0.3) is 11.4 Å². The number of hydrogen-bond donors (Lipinski definition) is 1. The predicted molar refractivity (Wildman–Crippen MR) is 150 cm³/mol. The molecule has 2 saturated heterocycles. The van der Waals surface area contributed by atoms with E-state index in [1.807, 2.05) is 58.3 Å². The second-order valence-corrected chi connectivity index (χ2v) is 11.4. The molecule has 0 unspecified atom stereocenters. The fraction of sp³-hybridized carbons (Fsp3) is 0.484. The van der Waals surface area contributed by atoms with E-state index in [1.54, 1.807) is 0 Å². The van der Waals surface area contributed by atoms with Crippen LogP contribution in [0.4, 0.5) is 0 Å². The first-order chi connectivity index (χ1) is 19.6. The molecule has 1 atom stereocenters. The van der Waals surface area contributed by atoms with Gasteiger partial charge in [-0.1, -0.05) is 24.6 Å². The third kappa shape index (κ3) is 5.75. The van der Waals surface area contributed by atoms with Crippen LogP contribution < -0.4 is 4.74 Å². The molecule has 2 bridgehead atoms. The Labute approximate surface area is 234 Å². The molecule has 0 saturated carbocycles. The van der Waals surface area contributed by atoms with Crippen molar-refractivity contribution >= 4 is 11.8 Å². The third-order valence-electron chi connectivity index (χ3n) is 8.73. The normalized spacial score (nSPS) is 21.8. The molecule has 210 valence electrons. The molecule has 2 aromatic carbocycles. The number of likely N-dealkylation sites (tertiary alicyclic amines) is 1.